The van der Waals surface area contributed by atoms with Gasteiger partial charge in [-0.05, 0) is 55.7 Å². The van der Waals surface area contributed by atoms with Crippen LogP contribution in [0.5, 0.6) is 17.2 Å². The highest BCUT2D eigenvalue weighted by Crippen LogP contribution is 2.30. The first kappa shape index (κ1) is 19.6. The lowest BCUT2D eigenvalue weighted by Gasteiger charge is -2.21. The predicted octanol–water partition coefficient (Wildman–Crippen LogP) is 4.05. The summed E-state index contributed by atoms with van der Waals surface area (Å²) in [6.45, 7) is 5.85. The van der Waals surface area contributed by atoms with Crippen molar-refractivity contribution in [2.75, 3.05) is 14.2 Å². The summed E-state index contributed by atoms with van der Waals surface area (Å²) in [5.74, 6) is 1.85. The molecule has 0 fully saturated rings. The van der Waals surface area contributed by atoms with Gasteiger partial charge in [-0.3, -0.25) is 4.79 Å². The van der Waals surface area contributed by atoms with Crippen LogP contribution in [-0.2, 0) is 4.79 Å². The van der Waals surface area contributed by atoms with E-state index in [0.717, 1.165) is 11.1 Å². The topological polar surface area (TPSA) is 56.8 Å². The van der Waals surface area contributed by atoms with Crippen LogP contribution >= 0.6 is 0 Å². The highest BCUT2D eigenvalue weighted by Gasteiger charge is 2.21. The monoisotopic (exact) mass is 357 g/mol. The number of nitrogens with one attached hydrogen (secondary N) is 1. The summed E-state index contributed by atoms with van der Waals surface area (Å²) in [6, 6.07) is 13.1. The van der Waals surface area contributed by atoms with E-state index in [2.05, 4.69) is 5.32 Å². The molecule has 26 heavy (non-hydrogen) atoms. The van der Waals surface area contributed by atoms with Gasteiger partial charge in [0.25, 0.3) is 5.91 Å². The zero-order valence-electron chi connectivity index (χ0n) is 16.0. The van der Waals surface area contributed by atoms with Gasteiger partial charge in [0.2, 0.25) is 0 Å². The number of rotatable bonds is 8. The second kappa shape index (κ2) is 9.13. The fraction of sp³-hybridized carbons (Fsp3) is 0.381. The molecule has 140 valence electrons. The molecule has 2 aromatic rings. The van der Waals surface area contributed by atoms with Gasteiger partial charge in [0.05, 0.1) is 20.3 Å². The van der Waals surface area contributed by atoms with Gasteiger partial charge >= 0.3 is 0 Å². The molecule has 0 aromatic heterocycles. The molecule has 2 atom stereocenters. The molecule has 1 N–H and O–H groups in total. The molecule has 0 unspecified atom stereocenters. The Labute approximate surface area is 155 Å². The standard InChI is InChI=1S/C21H27NO4/c1-6-18(26-17-9-7-8-14(2)12-17)21(23)22-15(3)16-10-11-19(24-4)20(13-16)25-5/h7-13,15,18H,6H2,1-5H3,(H,22,23)/t15-,18-/m0/s1. The summed E-state index contributed by atoms with van der Waals surface area (Å²) in [7, 11) is 3.19. The number of carbonyl (C=O) groups is 1. The van der Waals surface area contributed by atoms with Crippen molar-refractivity contribution in [3.63, 3.8) is 0 Å². The Kier molecular flexibility index (Phi) is 6.89. The molecular formula is C21H27NO4. The summed E-state index contributed by atoms with van der Waals surface area (Å²) in [5.41, 5.74) is 2.03. The van der Waals surface area contributed by atoms with Crippen molar-refractivity contribution in [2.45, 2.75) is 39.3 Å². The van der Waals surface area contributed by atoms with Gasteiger partial charge in [-0.2, -0.15) is 0 Å². The summed E-state index contributed by atoms with van der Waals surface area (Å²) in [6.07, 6.45) is 0.0395. The summed E-state index contributed by atoms with van der Waals surface area (Å²) >= 11 is 0. The van der Waals surface area contributed by atoms with Gasteiger partial charge in [0.1, 0.15) is 5.75 Å². The van der Waals surface area contributed by atoms with E-state index in [1.165, 1.54) is 0 Å². The molecule has 5 nitrogen and oxygen atoms in total. The van der Waals surface area contributed by atoms with Crippen molar-refractivity contribution in [1.82, 2.24) is 5.32 Å². The highest BCUT2D eigenvalue weighted by molar-refractivity contribution is 5.81. The molecule has 0 spiro atoms. The smallest absolute Gasteiger partial charge is 0.261 e. The lowest BCUT2D eigenvalue weighted by Crippen LogP contribution is -2.39. The Morgan fingerprint density at radius 1 is 1.08 bits per heavy atom. The first-order chi connectivity index (χ1) is 12.5. The van der Waals surface area contributed by atoms with E-state index in [9.17, 15) is 4.79 Å². The van der Waals surface area contributed by atoms with Crippen LogP contribution in [-0.4, -0.2) is 26.2 Å². The number of ether oxygens (including phenoxy) is 3. The fourth-order valence-corrected chi connectivity index (χ4v) is 2.69. The minimum atomic E-state index is -0.542. The maximum Gasteiger partial charge on any atom is 0.261 e. The van der Waals surface area contributed by atoms with Gasteiger partial charge in [0, 0.05) is 0 Å². The zero-order valence-corrected chi connectivity index (χ0v) is 16.0. The number of carbonyl (C=O) groups excluding carboxylic acids is 1. The molecule has 0 aliphatic carbocycles. The third-order valence-electron chi connectivity index (χ3n) is 4.20. The number of aryl methyl sites for hydroxylation is 1. The molecular weight excluding hydrogens is 330 g/mol. The van der Waals surface area contributed by atoms with Gasteiger partial charge in [-0.15, -0.1) is 0 Å². The Hall–Kier alpha value is -2.69. The molecule has 0 bridgehead atoms. The van der Waals surface area contributed by atoms with Crippen LogP contribution in [0.3, 0.4) is 0 Å². The number of benzene rings is 2. The quantitative estimate of drug-likeness (QED) is 0.774. The van der Waals surface area contributed by atoms with Crippen LogP contribution in [0, 0.1) is 6.92 Å². The summed E-state index contributed by atoms with van der Waals surface area (Å²) in [4.78, 5) is 12.6. The third-order valence-corrected chi connectivity index (χ3v) is 4.20. The van der Waals surface area contributed by atoms with Crippen molar-refractivity contribution < 1.29 is 19.0 Å². The van der Waals surface area contributed by atoms with E-state index in [1.807, 2.05) is 63.2 Å². The first-order valence-electron chi connectivity index (χ1n) is 8.74. The van der Waals surface area contributed by atoms with Crippen LogP contribution in [0.4, 0.5) is 0 Å². The fourth-order valence-electron chi connectivity index (χ4n) is 2.69. The van der Waals surface area contributed by atoms with Gasteiger partial charge in [-0.25, -0.2) is 0 Å². The second-order valence-corrected chi connectivity index (χ2v) is 6.18. The maximum atomic E-state index is 12.6. The summed E-state index contributed by atoms with van der Waals surface area (Å²) < 4.78 is 16.4. The Morgan fingerprint density at radius 3 is 2.42 bits per heavy atom. The maximum absolute atomic E-state index is 12.6. The van der Waals surface area contributed by atoms with E-state index in [1.54, 1.807) is 14.2 Å². The van der Waals surface area contributed by atoms with Crippen molar-refractivity contribution in [3.05, 3.63) is 53.6 Å². The van der Waals surface area contributed by atoms with Gasteiger partial charge < -0.3 is 19.5 Å². The number of amides is 1. The average molecular weight is 357 g/mol. The minimum absolute atomic E-state index is 0.142. The van der Waals surface area contributed by atoms with E-state index < -0.39 is 6.10 Å². The van der Waals surface area contributed by atoms with Crippen molar-refractivity contribution >= 4 is 5.91 Å². The molecule has 0 saturated heterocycles. The minimum Gasteiger partial charge on any atom is -0.493 e. The van der Waals surface area contributed by atoms with Crippen LogP contribution in [0.25, 0.3) is 0 Å². The lowest BCUT2D eigenvalue weighted by molar-refractivity contribution is -0.128. The van der Waals surface area contributed by atoms with Gasteiger partial charge in [-0.1, -0.05) is 25.1 Å². The molecule has 0 heterocycles. The van der Waals surface area contributed by atoms with Crippen molar-refractivity contribution in [3.8, 4) is 17.2 Å². The van der Waals surface area contributed by atoms with Crippen LogP contribution in [0.1, 0.15) is 37.4 Å². The molecule has 0 radical (unpaired) electrons. The molecule has 0 saturated carbocycles. The highest BCUT2D eigenvalue weighted by atomic mass is 16.5. The molecule has 0 aliphatic heterocycles. The second-order valence-electron chi connectivity index (χ2n) is 6.18. The van der Waals surface area contributed by atoms with E-state index >= 15 is 0 Å². The molecule has 2 aromatic carbocycles. The Morgan fingerprint density at radius 2 is 1.81 bits per heavy atom. The number of methoxy groups -OCH3 is 2. The zero-order chi connectivity index (χ0) is 19.1. The van der Waals surface area contributed by atoms with Crippen LogP contribution < -0.4 is 19.5 Å². The first-order valence-corrected chi connectivity index (χ1v) is 8.74. The lowest BCUT2D eigenvalue weighted by atomic mass is 10.1. The van der Waals surface area contributed by atoms with E-state index in [4.69, 9.17) is 14.2 Å². The van der Waals surface area contributed by atoms with Crippen LogP contribution in [0.15, 0.2) is 42.5 Å². The van der Waals surface area contributed by atoms with Gasteiger partial charge in [0.15, 0.2) is 17.6 Å². The summed E-state index contributed by atoms with van der Waals surface area (Å²) in [5, 5.41) is 3.01. The van der Waals surface area contributed by atoms with Crippen molar-refractivity contribution in [1.29, 1.82) is 0 Å². The molecule has 0 aliphatic rings. The largest absolute Gasteiger partial charge is 0.493 e. The van der Waals surface area contributed by atoms with Crippen LogP contribution in [0.2, 0.25) is 0 Å². The molecule has 1 amide bonds. The third kappa shape index (κ3) is 4.91. The Balaban J connectivity index is 2.06. The van der Waals surface area contributed by atoms with E-state index in [0.29, 0.717) is 23.7 Å². The normalized spacial score (nSPS) is 12.8. The average Bonchev–Trinajstić information content (AvgIpc) is 2.65. The number of hydrogen-bond donors (Lipinski definition) is 1. The molecule has 2 rings (SSSR count). The number of hydrogen-bond acceptors (Lipinski definition) is 4. The van der Waals surface area contributed by atoms with Crippen molar-refractivity contribution in [2.24, 2.45) is 0 Å². The Bertz CT molecular complexity index is 745. The van der Waals surface area contributed by atoms with E-state index in [-0.39, 0.29) is 11.9 Å². The molecule has 5 heteroatoms. The SMILES string of the molecule is CC[C@H](Oc1cccc(C)c1)C(=O)N[C@@H](C)c1ccc(OC)c(OC)c1. The predicted molar refractivity (Wildman–Crippen MR) is 102 cm³/mol.